The first kappa shape index (κ1) is 17.3. The standard InChI is InChI=1S/C19H23N7O/c1-25(2)9-10-27-16-5-3-15(4-6-16)24-18-19-21-13-17(14-11-22-23-12-14)26(19)8-7-20-18/h3-8,11,13,22-23H,9-10,12H2,1-2H3,(H,20,24). The summed E-state index contributed by atoms with van der Waals surface area (Å²) in [5, 5.41) is 3.34. The molecule has 0 fully saturated rings. The molecule has 0 amide bonds. The van der Waals surface area contributed by atoms with Crippen LogP contribution < -0.4 is 20.9 Å². The molecular formula is C19H23N7O. The molecule has 0 saturated carbocycles. The van der Waals surface area contributed by atoms with E-state index in [1.165, 1.54) is 0 Å². The average Bonchev–Trinajstić information content (AvgIpc) is 3.32. The number of nitrogens with one attached hydrogen (secondary N) is 3. The van der Waals surface area contributed by atoms with Gasteiger partial charge in [-0.3, -0.25) is 4.40 Å². The lowest BCUT2D eigenvalue weighted by Gasteiger charge is -2.12. The van der Waals surface area contributed by atoms with E-state index in [1.807, 2.05) is 61.4 Å². The Kier molecular flexibility index (Phi) is 4.91. The molecule has 0 bridgehead atoms. The number of benzene rings is 1. The van der Waals surface area contributed by atoms with Gasteiger partial charge in [-0.25, -0.2) is 15.4 Å². The molecule has 3 N–H and O–H groups in total. The number of fused-ring (bicyclic) bond motifs is 1. The van der Waals surface area contributed by atoms with Gasteiger partial charge in [0, 0.05) is 42.9 Å². The van der Waals surface area contributed by atoms with E-state index in [2.05, 4.69) is 31.0 Å². The van der Waals surface area contributed by atoms with Crippen LogP contribution in [0.15, 0.2) is 49.1 Å². The molecule has 4 rings (SSSR count). The molecule has 3 aromatic rings. The maximum absolute atomic E-state index is 5.73. The number of hydrogen-bond donors (Lipinski definition) is 3. The largest absolute Gasteiger partial charge is 0.492 e. The van der Waals surface area contributed by atoms with Crippen molar-refractivity contribution in [2.75, 3.05) is 39.1 Å². The van der Waals surface area contributed by atoms with Crippen LogP contribution in [0.1, 0.15) is 5.69 Å². The first-order chi connectivity index (χ1) is 13.2. The Bertz CT molecular complexity index is 946. The van der Waals surface area contributed by atoms with Crippen LogP contribution in [-0.2, 0) is 0 Å². The summed E-state index contributed by atoms with van der Waals surface area (Å²) in [6, 6.07) is 7.87. The Morgan fingerprint density at radius 2 is 2.07 bits per heavy atom. The van der Waals surface area contributed by atoms with Crippen LogP contribution in [0.5, 0.6) is 5.75 Å². The van der Waals surface area contributed by atoms with Crippen LogP contribution in [0.3, 0.4) is 0 Å². The number of ether oxygens (including phenoxy) is 1. The molecular weight excluding hydrogens is 342 g/mol. The number of anilines is 2. The SMILES string of the molecule is CN(C)CCOc1ccc(Nc2nccn3c(C4=CNNC4)cnc23)cc1. The minimum Gasteiger partial charge on any atom is -0.492 e. The highest BCUT2D eigenvalue weighted by atomic mass is 16.5. The van der Waals surface area contributed by atoms with Crippen molar-refractivity contribution in [1.82, 2.24) is 30.1 Å². The summed E-state index contributed by atoms with van der Waals surface area (Å²) in [5.41, 5.74) is 9.99. The van der Waals surface area contributed by atoms with Crippen molar-refractivity contribution in [3.8, 4) is 5.75 Å². The van der Waals surface area contributed by atoms with Gasteiger partial charge in [0.2, 0.25) is 0 Å². The summed E-state index contributed by atoms with van der Waals surface area (Å²) in [6.45, 7) is 2.31. The van der Waals surface area contributed by atoms with E-state index in [4.69, 9.17) is 4.74 Å². The van der Waals surface area contributed by atoms with Crippen molar-refractivity contribution < 1.29 is 4.74 Å². The Balaban J connectivity index is 1.50. The Hall–Kier alpha value is -3.10. The minimum atomic E-state index is 0.664. The quantitative estimate of drug-likeness (QED) is 0.590. The van der Waals surface area contributed by atoms with Crippen LogP contribution >= 0.6 is 0 Å². The normalized spacial score (nSPS) is 13.7. The maximum Gasteiger partial charge on any atom is 0.180 e. The molecule has 8 nitrogen and oxygen atoms in total. The van der Waals surface area contributed by atoms with Crippen molar-refractivity contribution in [2.45, 2.75) is 0 Å². The lowest BCUT2D eigenvalue weighted by atomic mass is 10.2. The van der Waals surface area contributed by atoms with Crippen molar-refractivity contribution in [2.24, 2.45) is 0 Å². The van der Waals surface area contributed by atoms with Gasteiger partial charge in [-0.2, -0.15) is 0 Å². The van der Waals surface area contributed by atoms with Crippen molar-refractivity contribution in [3.05, 3.63) is 54.7 Å². The molecule has 0 radical (unpaired) electrons. The molecule has 2 aromatic heterocycles. The van der Waals surface area contributed by atoms with Crippen molar-refractivity contribution in [1.29, 1.82) is 0 Å². The van der Waals surface area contributed by atoms with Gasteiger partial charge in [-0.05, 0) is 38.4 Å². The number of aromatic nitrogens is 3. The molecule has 0 unspecified atom stereocenters. The zero-order valence-electron chi connectivity index (χ0n) is 15.4. The molecule has 140 valence electrons. The molecule has 0 atom stereocenters. The van der Waals surface area contributed by atoms with Crippen LogP contribution in [0.25, 0.3) is 11.2 Å². The van der Waals surface area contributed by atoms with Gasteiger partial charge >= 0.3 is 0 Å². The average molecular weight is 365 g/mol. The van der Waals surface area contributed by atoms with Crippen LogP contribution in [0.4, 0.5) is 11.5 Å². The van der Waals surface area contributed by atoms with Gasteiger partial charge in [0.25, 0.3) is 0 Å². The van der Waals surface area contributed by atoms with E-state index in [1.54, 1.807) is 6.20 Å². The third-order valence-electron chi connectivity index (χ3n) is 4.31. The van der Waals surface area contributed by atoms with Gasteiger partial charge in [0.1, 0.15) is 12.4 Å². The second kappa shape index (κ2) is 7.65. The topological polar surface area (TPSA) is 78.8 Å². The highest BCUT2D eigenvalue weighted by molar-refractivity contribution is 5.74. The molecule has 1 aliphatic heterocycles. The molecule has 1 aromatic carbocycles. The third-order valence-corrected chi connectivity index (χ3v) is 4.31. The summed E-state index contributed by atoms with van der Waals surface area (Å²) in [7, 11) is 4.06. The first-order valence-electron chi connectivity index (χ1n) is 8.85. The van der Waals surface area contributed by atoms with E-state index in [0.29, 0.717) is 12.4 Å². The molecule has 0 spiro atoms. The number of imidazole rings is 1. The second-order valence-corrected chi connectivity index (χ2v) is 6.58. The lowest BCUT2D eigenvalue weighted by Crippen LogP contribution is -2.20. The Morgan fingerprint density at radius 1 is 1.22 bits per heavy atom. The molecule has 27 heavy (non-hydrogen) atoms. The number of rotatable bonds is 7. The van der Waals surface area contributed by atoms with Crippen molar-refractivity contribution >= 4 is 22.7 Å². The number of likely N-dealkylation sites (N-methyl/N-ethyl adjacent to an activating group) is 1. The third kappa shape index (κ3) is 3.86. The monoisotopic (exact) mass is 365 g/mol. The molecule has 3 heterocycles. The fourth-order valence-corrected chi connectivity index (χ4v) is 2.86. The number of hydrazine groups is 1. The predicted molar refractivity (Wildman–Crippen MR) is 106 cm³/mol. The Morgan fingerprint density at radius 3 is 2.81 bits per heavy atom. The highest BCUT2D eigenvalue weighted by Gasteiger charge is 2.14. The van der Waals surface area contributed by atoms with Gasteiger partial charge in [-0.15, -0.1) is 0 Å². The maximum atomic E-state index is 5.73. The fourth-order valence-electron chi connectivity index (χ4n) is 2.86. The molecule has 8 heteroatoms. The van der Waals surface area contributed by atoms with Gasteiger partial charge in [0.05, 0.1) is 11.9 Å². The van der Waals surface area contributed by atoms with Crippen LogP contribution in [0.2, 0.25) is 0 Å². The number of hydrogen-bond acceptors (Lipinski definition) is 7. The predicted octanol–water partition coefficient (Wildman–Crippen LogP) is 1.86. The molecule has 0 aliphatic carbocycles. The van der Waals surface area contributed by atoms with Gasteiger partial charge in [0.15, 0.2) is 11.5 Å². The summed E-state index contributed by atoms with van der Waals surface area (Å²) < 4.78 is 7.77. The fraction of sp³-hybridized carbons (Fsp3) is 0.263. The van der Waals surface area contributed by atoms with E-state index in [9.17, 15) is 0 Å². The first-order valence-corrected chi connectivity index (χ1v) is 8.85. The second-order valence-electron chi connectivity index (χ2n) is 6.58. The summed E-state index contributed by atoms with van der Waals surface area (Å²) in [6.07, 6.45) is 7.51. The van der Waals surface area contributed by atoms with Crippen molar-refractivity contribution in [3.63, 3.8) is 0 Å². The zero-order chi connectivity index (χ0) is 18.6. The Labute approximate surface area is 157 Å². The van der Waals surface area contributed by atoms with Gasteiger partial charge in [-0.1, -0.05) is 0 Å². The lowest BCUT2D eigenvalue weighted by molar-refractivity contribution is 0.261. The number of nitrogens with zero attached hydrogens (tertiary/aromatic N) is 4. The van der Waals surface area contributed by atoms with Crippen LogP contribution in [0, 0.1) is 0 Å². The highest BCUT2D eigenvalue weighted by Crippen LogP contribution is 2.24. The minimum absolute atomic E-state index is 0.664. The smallest absolute Gasteiger partial charge is 0.180 e. The summed E-state index contributed by atoms with van der Waals surface area (Å²) in [4.78, 5) is 11.1. The summed E-state index contributed by atoms with van der Waals surface area (Å²) in [5.74, 6) is 1.56. The molecule has 0 saturated heterocycles. The van der Waals surface area contributed by atoms with E-state index in [-0.39, 0.29) is 0 Å². The van der Waals surface area contributed by atoms with Crippen LogP contribution in [-0.4, -0.2) is 53.1 Å². The zero-order valence-corrected chi connectivity index (χ0v) is 15.4. The molecule has 1 aliphatic rings. The van der Waals surface area contributed by atoms with E-state index >= 15 is 0 Å². The van der Waals surface area contributed by atoms with E-state index < -0.39 is 0 Å². The van der Waals surface area contributed by atoms with Gasteiger partial charge < -0.3 is 20.4 Å². The van der Waals surface area contributed by atoms with E-state index in [0.717, 1.165) is 41.4 Å². The summed E-state index contributed by atoms with van der Waals surface area (Å²) >= 11 is 0.